The lowest BCUT2D eigenvalue weighted by Crippen LogP contribution is -2.38. The molecular weight excluding hydrogens is 389 g/mol. The Bertz CT molecular complexity index is 418. The molecule has 0 bridgehead atoms. The molecule has 5 heteroatoms. The van der Waals surface area contributed by atoms with Crippen molar-refractivity contribution >= 4 is 29.9 Å². The molecule has 0 unspecified atom stereocenters. The molecule has 0 heterocycles. The lowest BCUT2D eigenvalue weighted by molar-refractivity contribution is 0.414. The average molecular weight is 419 g/mol. The second-order valence-corrected chi connectivity index (χ2v) is 5.47. The first-order valence-corrected chi connectivity index (χ1v) is 7.80. The van der Waals surface area contributed by atoms with Crippen LogP contribution in [0.1, 0.15) is 32.8 Å². The minimum Gasteiger partial charge on any atom is -0.497 e. The SMILES string of the molecule is CCNC(=NCCC(C)C)NCCc1ccc(OC)cc1.I. The first kappa shape index (κ1) is 21.0. The van der Waals surface area contributed by atoms with Crippen molar-refractivity contribution in [3.8, 4) is 5.75 Å². The van der Waals surface area contributed by atoms with Gasteiger partial charge in [-0.1, -0.05) is 26.0 Å². The fraction of sp³-hybridized carbons (Fsp3) is 0.588. The molecule has 2 N–H and O–H groups in total. The van der Waals surface area contributed by atoms with E-state index < -0.39 is 0 Å². The van der Waals surface area contributed by atoms with Crippen molar-refractivity contribution in [3.05, 3.63) is 29.8 Å². The molecule has 0 radical (unpaired) electrons. The molecule has 0 atom stereocenters. The molecule has 0 amide bonds. The van der Waals surface area contributed by atoms with Gasteiger partial charge in [0.15, 0.2) is 5.96 Å². The zero-order valence-electron chi connectivity index (χ0n) is 14.2. The van der Waals surface area contributed by atoms with Crippen molar-refractivity contribution in [2.75, 3.05) is 26.7 Å². The summed E-state index contributed by atoms with van der Waals surface area (Å²) in [6.45, 7) is 9.16. The number of nitrogens with zero attached hydrogens (tertiary/aromatic N) is 1. The van der Waals surface area contributed by atoms with E-state index in [0.29, 0.717) is 5.92 Å². The van der Waals surface area contributed by atoms with Gasteiger partial charge >= 0.3 is 0 Å². The van der Waals surface area contributed by atoms with E-state index in [2.05, 4.69) is 48.5 Å². The quantitative estimate of drug-likeness (QED) is 0.386. The smallest absolute Gasteiger partial charge is 0.191 e. The van der Waals surface area contributed by atoms with Crippen molar-refractivity contribution in [3.63, 3.8) is 0 Å². The Labute approximate surface area is 152 Å². The summed E-state index contributed by atoms with van der Waals surface area (Å²) in [7, 11) is 1.69. The standard InChI is InChI=1S/C17H29N3O.HI/c1-5-18-17(19-12-10-14(2)3)20-13-11-15-6-8-16(21-4)9-7-15;/h6-9,14H,5,10-13H2,1-4H3,(H2,18,19,20);1H. The largest absolute Gasteiger partial charge is 0.497 e. The number of benzene rings is 1. The van der Waals surface area contributed by atoms with E-state index in [0.717, 1.165) is 44.2 Å². The van der Waals surface area contributed by atoms with E-state index in [4.69, 9.17) is 4.74 Å². The first-order chi connectivity index (χ1) is 10.2. The molecule has 22 heavy (non-hydrogen) atoms. The lowest BCUT2D eigenvalue weighted by atomic mass is 10.1. The normalized spacial score (nSPS) is 11.0. The van der Waals surface area contributed by atoms with Crippen LogP contribution >= 0.6 is 24.0 Å². The van der Waals surface area contributed by atoms with Crippen LogP contribution in [-0.2, 0) is 6.42 Å². The van der Waals surface area contributed by atoms with Gasteiger partial charge in [0.25, 0.3) is 0 Å². The van der Waals surface area contributed by atoms with Gasteiger partial charge in [0, 0.05) is 19.6 Å². The van der Waals surface area contributed by atoms with Gasteiger partial charge in [-0.2, -0.15) is 0 Å². The molecule has 0 aromatic heterocycles. The zero-order chi connectivity index (χ0) is 15.5. The summed E-state index contributed by atoms with van der Waals surface area (Å²) in [5.41, 5.74) is 1.29. The van der Waals surface area contributed by atoms with Crippen LogP contribution in [0.15, 0.2) is 29.3 Å². The maximum Gasteiger partial charge on any atom is 0.191 e. The Morgan fingerprint density at radius 1 is 1.18 bits per heavy atom. The van der Waals surface area contributed by atoms with E-state index in [1.54, 1.807) is 7.11 Å². The lowest BCUT2D eigenvalue weighted by Gasteiger charge is -2.12. The van der Waals surface area contributed by atoms with Gasteiger partial charge in [-0.25, -0.2) is 0 Å². The third kappa shape index (κ3) is 9.12. The minimum atomic E-state index is 0. The Kier molecular flexibility index (Phi) is 12.0. The highest BCUT2D eigenvalue weighted by Gasteiger charge is 1.99. The summed E-state index contributed by atoms with van der Waals surface area (Å²) in [6.07, 6.45) is 2.09. The molecule has 126 valence electrons. The second-order valence-electron chi connectivity index (χ2n) is 5.47. The molecule has 0 aliphatic heterocycles. The van der Waals surface area contributed by atoms with Crippen LogP contribution in [0.25, 0.3) is 0 Å². The predicted molar refractivity (Wildman–Crippen MR) is 106 cm³/mol. The van der Waals surface area contributed by atoms with Crippen LogP contribution in [-0.4, -0.2) is 32.7 Å². The second kappa shape index (κ2) is 12.6. The average Bonchev–Trinajstić information content (AvgIpc) is 2.47. The van der Waals surface area contributed by atoms with Crippen LogP contribution in [0.3, 0.4) is 0 Å². The summed E-state index contributed by atoms with van der Waals surface area (Å²) in [5.74, 6) is 2.50. The van der Waals surface area contributed by atoms with Crippen molar-refractivity contribution in [1.82, 2.24) is 10.6 Å². The summed E-state index contributed by atoms with van der Waals surface area (Å²) in [6, 6.07) is 8.20. The Morgan fingerprint density at radius 2 is 1.86 bits per heavy atom. The third-order valence-electron chi connectivity index (χ3n) is 3.19. The molecule has 0 fully saturated rings. The number of aliphatic imine (C=N–C) groups is 1. The highest BCUT2D eigenvalue weighted by molar-refractivity contribution is 14.0. The van der Waals surface area contributed by atoms with Crippen LogP contribution < -0.4 is 15.4 Å². The van der Waals surface area contributed by atoms with Crippen LogP contribution in [0.5, 0.6) is 5.75 Å². The fourth-order valence-electron chi connectivity index (χ4n) is 1.89. The van der Waals surface area contributed by atoms with Crippen LogP contribution in [0, 0.1) is 5.92 Å². The number of hydrogen-bond acceptors (Lipinski definition) is 2. The third-order valence-corrected chi connectivity index (χ3v) is 3.19. The molecule has 1 aromatic carbocycles. The van der Waals surface area contributed by atoms with E-state index in [9.17, 15) is 0 Å². The Balaban J connectivity index is 0.00000441. The number of rotatable bonds is 8. The number of nitrogens with one attached hydrogen (secondary N) is 2. The summed E-state index contributed by atoms with van der Waals surface area (Å²) < 4.78 is 5.16. The fourth-order valence-corrected chi connectivity index (χ4v) is 1.89. The molecule has 4 nitrogen and oxygen atoms in total. The van der Waals surface area contributed by atoms with Gasteiger partial charge < -0.3 is 15.4 Å². The van der Waals surface area contributed by atoms with Gasteiger partial charge in [0.2, 0.25) is 0 Å². The van der Waals surface area contributed by atoms with Crippen LogP contribution in [0.2, 0.25) is 0 Å². The Morgan fingerprint density at radius 3 is 2.41 bits per heavy atom. The summed E-state index contributed by atoms with van der Waals surface area (Å²) >= 11 is 0. The molecule has 1 rings (SSSR count). The van der Waals surface area contributed by atoms with Gasteiger partial charge in [0.05, 0.1) is 7.11 Å². The predicted octanol–water partition coefficient (Wildman–Crippen LogP) is 3.46. The molecule has 0 saturated heterocycles. The zero-order valence-corrected chi connectivity index (χ0v) is 16.5. The topological polar surface area (TPSA) is 45.7 Å². The van der Waals surface area contributed by atoms with Crippen molar-refractivity contribution in [2.24, 2.45) is 10.9 Å². The maximum atomic E-state index is 5.16. The highest BCUT2D eigenvalue weighted by Crippen LogP contribution is 2.11. The number of hydrogen-bond donors (Lipinski definition) is 2. The highest BCUT2D eigenvalue weighted by atomic mass is 127. The summed E-state index contributed by atoms with van der Waals surface area (Å²) in [5, 5.41) is 6.66. The Hall–Kier alpha value is -0.980. The van der Waals surface area contributed by atoms with Gasteiger partial charge in [0.1, 0.15) is 5.75 Å². The van der Waals surface area contributed by atoms with Crippen molar-refractivity contribution in [2.45, 2.75) is 33.6 Å². The maximum absolute atomic E-state index is 5.16. The summed E-state index contributed by atoms with van der Waals surface area (Å²) in [4.78, 5) is 4.59. The molecule has 1 aromatic rings. The monoisotopic (exact) mass is 419 g/mol. The van der Waals surface area contributed by atoms with Crippen molar-refractivity contribution in [1.29, 1.82) is 0 Å². The van der Waals surface area contributed by atoms with Crippen molar-refractivity contribution < 1.29 is 4.74 Å². The molecule has 0 aliphatic carbocycles. The number of guanidine groups is 1. The molecule has 0 aliphatic rings. The van der Waals surface area contributed by atoms with Gasteiger partial charge in [-0.05, 0) is 43.4 Å². The van der Waals surface area contributed by atoms with E-state index in [1.165, 1.54) is 5.56 Å². The number of ether oxygens (including phenoxy) is 1. The van der Waals surface area contributed by atoms with E-state index >= 15 is 0 Å². The first-order valence-electron chi connectivity index (χ1n) is 7.80. The molecule has 0 saturated carbocycles. The minimum absolute atomic E-state index is 0. The van der Waals surface area contributed by atoms with Gasteiger partial charge in [-0.3, -0.25) is 4.99 Å². The molecular formula is C17H30IN3O. The van der Waals surface area contributed by atoms with Crippen LogP contribution in [0.4, 0.5) is 0 Å². The van der Waals surface area contributed by atoms with E-state index in [1.807, 2.05) is 12.1 Å². The number of methoxy groups -OCH3 is 1. The molecule has 0 spiro atoms. The number of halogens is 1. The van der Waals surface area contributed by atoms with E-state index in [-0.39, 0.29) is 24.0 Å². The van der Waals surface area contributed by atoms with Gasteiger partial charge in [-0.15, -0.1) is 24.0 Å².